The Morgan fingerprint density at radius 1 is 1.24 bits per heavy atom. The molecule has 3 nitrogen and oxygen atoms in total. The molecule has 2 atom stereocenters. The maximum Gasteiger partial charge on any atom is 0.227 e. The minimum absolute atomic E-state index is 0.0280. The Hall–Kier alpha value is -1.65. The van der Waals surface area contributed by atoms with Crippen LogP contribution in [0.1, 0.15) is 42.9 Å². The van der Waals surface area contributed by atoms with E-state index in [0.29, 0.717) is 6.42 Å². The van der Waals surface area contributed by atoms with E-state index in [1.807, 2.05) is 54.1 Å². The van der Waals surface area contributed by atoms with E-state index in [0.717, 1.165) is 17.5 Å². The number of hydrogen-bond acceptors (Lipinski definition) is 3. The quantitative estimate of drug-likeness (QED) is 0.822. The van der Waals surface area contributed by atoms with Gasteiger partial charge in [-0.3, -0.25) is 4.79 Å². The second-order valence-electron chi connectivity index (χ2n) is 5.12. The second-order valence-corrected chi connectivity index (χ2v) is 5.90. The number of aliphatic hydroxyl groups excluding tert-OH is 1. The summed E-state index contributed by atoms with van der Waals surface area (Å²) in [6.07, 6.45) is 1.41. The summed E-state index contributed by atoms with van der Waals surface area (Å²) in [5.41, 5.74) is 2.13. The van der Waals surface area contributed by atoms with Crippen molar-refractivity contribution in [2.24, 2.45) is 0 Å². The van der Waals surface area contributed by atoms with Gasteiger partial charge in [0.15, 0.2) is 0 Å². The normalized spacial score (nSPS) is 13.6. The van der Waals surface area contributed by atoms with Crippen LogP contribution in [0.4, 0.5) is 0 Å². The fraction of sp³-hybridized carbons (Fsp3) is 0.353. The first kappa shape index (κ1) is 15.7. The van der Waals surface area contributed by atoms with Crippen LogP contribution in [0.25, 0.3) is 0 Å². The molecule has 1 aromatic carbocycles. The van der Waals surface area contributed by atoms with Gasteiger partial charge in [0.25, 0.3) is 0 Å². The molecule has 21 heavy (non-hydrogen) atoms. The summed E-state index contributed by atoms with van der Waals surface area (Å²) in [5, 5.41) is 16.2. The van der Waals surface area contributed by atoms with Crippen LogP contribution in [0.2, 0.25) is 0 Å². The molecule has 0 saturated carbocycles. The molecule has 0 aliphatic carbocycles. The van der Waals surface area contributed by atoms with E-state index in [1.54, 1.807) is 11.3 Å². The maximum absolute atomic E-state index is 12.4. The van der Waals surface area contributed by atoms with Crippen LogP contribution < -0.4 is 5.32 Å². The van der Waals surface area contributed by atoms with E-state index >= 15 is 0 Å². The molecular formula is C17H21NO2S. The van der Waals surface area contributed by atoms with Crippen molar-refractivity contribution in [2.75, 3.05) is 6.61 Å². The van der Waals surface area contributed by atoms with Gasteiger partial charge < -0.3 is 10.4 Å². The smallest absolute Gasteiger partial charge is 0.227 e. The molecule has 0 bridgehead atoms. The third kappa shape index (κ3) is 4.41. The summed E-state index contributed by atoms with van der Waals surface area (Å²) >= 11 is 1.60. The average molecular weight is 303 g/mol. The number of thiophene rings is 1. The van der Waals surface area contributed by atoms with Gasteiger partial charge in [0.05, 0.1) is 12.0 Å². The first-order valence-electron chi connectivity index (χ1n) is 7.20. The van der Waals surface area contributed by atoms with Crippen LogP contribution in [0.5, 0.6) is 0 Å². The van der Waals surface area contributed by atoms with Crippen molar-refractivity contribution >= 4 is 17.2 Å². The highest BCUT2D eigenvalue weighted by Crippen LogP contribution is 2.22. The Bertz CT molecular complexity index is 539. The van der Waals surface area contributed by atoms with Crippen molar-refractivity contribution in [1.29, 1.82) is 0 Å². The first-order valence-corrected chi connectivity index (χ1v) is 8.15. The highest BCUT2D eigenvalue weighted by Gasteiger charge is 2.20. The zero-order valence-corrected chi connectivity index (χ0v) is 13.0. The van der Waals surface area contributed by atoms with Crippen LogP contribution in [0.3, 0.4) is 0 Å². The SMILES string of the molecule is CC(C(=O)NC(CCCO)c1ccccc1)c1ccsc1. The molecule has 2 N–H and O–H groups in total. The lowest BCUT2D eigenvalue weighted by molar-refractivity contribution is -0.123. The molecule has 1 amide bonds. The van der Waals surface area contributed by atoms with E-state index in [-0.39, 0.29) is 24.5 Å². The molecule has 0 saturated heterocycles. The summed E-state index contributed by atoms with van der Waals surface area (Å²) in [5.74, 6) is -0.128. The van der Waals surface area contributed by atoms with Crippen LogP contribution >= 0.6 is 11.3 Å². The van der Waals surface area contributed by atoms with Crippen molar-refractivity contribution < 1.29 is 9.90 Å². The lowest BCUT2D eigenvalue weighted by atomic mass is 9.99. The zero-order chi connectivity index (χ0) is 15.1. The lowest BCUT2D eigenvalue weighted by Crippen LogP contribution is -2.32. The largest absolute Gasteiger partial charge is 0.396 e. The number of rotatable bonds is 7. The van der Waals surface area contributed by atoms with Gasteiger partial charge in [-0.25, -0.2) is 0 Å². The van der Waals surface area contributed by atoms with Gasteiger partial charge in [-0.2, -0.15) is 11.3 Å². The summed E-state index contributed by atoms with van der Waals surface area (Å²) in [6.45, 7) is 2.06. The average Bonchev–Trinajstić information content (AvgIpc) is 3.05. The predicted molar refractivity (Wildman–Crippen MR) is 86.4 cm³/mol. The third-order valence-corrected chi connectivity index (χ3v) is 4.31. The van der Waals surface area contributed by atoms with Crippen molar-refractivity contribution in [3.05, 3.63) is 58.3 Å². The van der Waals surface area contributed by atoms with E-state index < -0.39 is 0 Å². The van der Waals surface area contributed by atoms with E-state index in [2.05, 4.69) is 5.32 Å². The molecule has 1 aromatic heterocycles. The van der Waals surface area contributed by atoms with E-state index in [9.17, 15) is 4.79 Å². The molecular weight excluding hydrogens is 282 g/mol. The summed E-state index contributed by atoms with van der Waals surface area (Å²) in [4.78, 5) is 12.4. The number of nitrogens with one attached hydrogen (secondary N) is 1. The van der Waals surface area contributed by atoms with Crippen LogP contribution in [0, 0.1) is 0 Å². The molecule has 1 heterocycles. The van der Waals surface area contributed by atoms with E-state index in [4.69, 9.17) is 5.11 Å². The fourth-order valence-corrected chi connectivity index (χ4v) is 3.03. The Morgan fingerprint density at radius 2 is 2.00 bits per heavy atom. The summed E-state index contributed by atoms with van der Waals surface area (Å²) in [6, 6.07) is 11.9. The maximum atomic E-state index is 12.4. The van der Waals surface area contributed by atoms with Gasteiger partial charge in [-0.15, -0.1) is 0 Å². The van der Waals surface area contributed by atoms with Crippen LogP contribution in [0.15, 0.2) is 47.2 Å². The van der Waals surface area contributed by atoms with Gasteiger partial charge in [0.1, 0.15) is 0 Å². The predicted octanol–water partition coefficient (Wildman–Crippen LogP) is 3.48. The number of aliphatic hydroxyl groups is 1. The summed E-state index contributed by atoms with van der Waals surface area (Å²) < 4.78 is 0. The topological polar surface area (TPSA) is 49.3 Å². The number of amides is 1. The highest BCUT2D eigenvalue weighted by atomic mass is 32.1. The second kappa shape index (κ2) is 7.96. The molecule has 2 rings (SSSR count). The van der Waals surface area contributed by atoms with Crippen molar-refractivity contribution in [3.63, 3.8) is 0 Å². The number of carbonyl (C=O) groups is 1. The van der Waals surface area contributed by atoms with Gasteiger partial charge in [0.2, 0.25) is 5.91 Å². The highest BCUT2D eigenvalue weighted by molar-refractivity contribution is 7.08. The van der Waals surface area contributed by atoms with Crippen molar-refractivity contribution in [1.82, 2.24) is 5.32 Å². The molecule has 0 radical (unpaired) electrons. The molecule has 0 aliphatic heterocycles. The molecule has 2 aromatic rings. The third-order valence-electron chi connectivity index (χ3n) is 3.61. The fourth-order valence-electron chi connectivity index (χ4n) is 2.27. The molecule has 112 valence electrons. The first-order chi connectivity index (χ1) is 10.2. The molecule has 0 aliphatic rings. The zero-order valence-electron chi connectivity index (χ0n) is 12.2. The standard InChI is InChI=1S/C17H21NO2S/c1-13(15-9-11-21-12-15)17(20)18-16(8-5-10-19)14-6-3-2-4-7-14/h2-4,6-7,9,11-13,16,19H,5,8,10H2,1H3,(H,18,20). The molecule has 2 unspecified atom stereocenters. The van der Waals surface area contributed by atoms with E-state index in [1.165, 1.54) is 0 Å². The summed E-state index contributed by atoms with van der Waals surface area (Å²) in [7, 11) is 0. The lowest BCUT2D eigenvalue weighted by Gasteiger charge is -2.21. The van der Waals surface area contributed by atoms with Crippen molar-refractivity contribution in [2.45, 2.75) is 31.7 Å². The monoisotopic (exact) mass is 303 g/mol. The Morgan fingerprint density at radius 3 is 2.62 bits per heavy atom. The van der Waals surface area contributed by atoms with Crippen molar-refractivity contribution in [3.8, 4) is 0 Å². The van der Waals surface area contributed by atoms with Gasteiger partial charge in [-0.1, -0.05) is 30.3 Å². The van der Waals surface area contributed by atoms with Gasteiger partial charge in [-0.05, 0) is 47.7 Å². The van der Waals surface area contributed by atoms with Gasteiger partial charge >= 0.3 is 0 Å². The van der Waals surface area contributed by atoms with Crippen LogP contribution in [-0.2, 0) is 4.79 Å². The van der Waals surface area contributed by atoms with Gasteiger partial charge in [0, 0.05) is 6.61 Å². The Kier molecular flexibility index (Phi) is 5.96. The number of hydrogen-bond donors (Lipinski definition) is 2. The number of carbonyl (C=O) groups excluding carboxylic acids is 1. The molecule has 0 fully saturated rings. The number of benzene rings is 1. The molecule has 4 heteroatoms. The van der Waals surface area contributed by atoms with Crippen LogP contribution in [-0.4, -0.2) is 17.6 Å². The minimum atomic E-state index is -0.156. The molecule has 0 spiro atoms. The Balaban J connectivity index is 2.06. The Labute approximate surface area is 129 Å². The minimum Gasteiger partial charge on any atom is -0.396 e.